The van der Waals surface area contributed by atoms with E-state index in [-0.39, 0.29) is 11.8 Å². The van der Waals surface area contributed by atoms with E-state index >= 15 is 0 Å². The number of hydrogen-bond acceptors (Lipinski definition) is 5. The van der Waals surface area contributed by atoms with Crippen molar-refractivity contribution in [3.05, 3.63) is 16.5 Å². The summed E-state index contributed by atoms with van der Waals surface area (Å²) < 4.78 is 5.43. The normalized spacial score (nSPS) is 19.0. The minimum atomic E-state index is -0.395. The third-order valence-electron chi connectivity index (χ3n) is 3.54. The summed E-state index contributed by atoms with van der Waals surface area (Å²) in [5, 5.41) is 3.10. The maximum absolute atomic E-state index is 12.1. The van der Waals surface area contributed by atoms with Gasteiger partial charge in [-0.3, -0.25) is 4.79 Å². The van der Waals surface area contributed by atoms with Crippen molar-refractivity contribution in [2.45, 2.75) is 32.7 Å². The number of morpholine rings is 1. The third-order valence-corrected chi connectivity index (χ3v) is 3.91. The average Bonchev–Trinajstić information content (AvgIpc) is 2.49. The summed E-state index contributed by atoms with van der Waals surface area (Å²) in [6.45, 7) is 7.41. The Morgan fingerprint density at radius 2 is 2.19 bits per heavy atom. The van der Waals surface area contributed by atoms with Gasteiger partial charge in [0.05, 0.1) is 13.2 Å². The quantitative estimate of drug-likeness (QED) is 0.857. The van der Waals surface area contributed by atoms with Crippen LogP contribution >= 0.6 is 11.6 Å². The molecule has 0 aliphatic carbocycles. The van der Waals surface area contributed by atoms with Crippen LogP contribution in [-0.2, 0) is 9.53 Å². The first-order valence-electron chi connectivity index (χ1n) is 7.05. The van der Waals surface area contributed by atoms with E-state index in [9.17, 15) is 4.79 Å². The summed E-state index contributed by atoms with van der Waals surface area (Å²) in [6, 6.07) is -0.395. The zero-order chi connectivity index (χ0) is 15.6. The molecule has 7 heteroatoms. The maximum atomic E-state index is 12.1. The second-order valence-corrected chi connectivity index (χ2v) is 5.73. The van der Waals surface area contributed by atoms with Crippen LogP contribution in [0.2, 0.25) is 5.15 Å². The van der Waals surface area contributed by atoms with Crippen molar-refractivity contribution in [1.82, 2.24) is 15.3 Å². The Hall–Kier alpha value is -1.40. The molecule has 1 aromatic heterocycles. The molecule has 0 spiro atoms. The second kappa shape index (κ2) is 6.58. The lowest BCUT2D eigenvalue weighted by atomic mass is 10.1. The molecular weight excluding hydrogens is 292 g/mol. The lowest BCUT2D eigenvalue weighted by molar-refractivity contribution is -0.124. The van der Waals surface area contributed by atoms with E-state index in [1.807, 2.05) is 25.7 Å². The molecule has 1 aliphatic rings. The maximum Gasteiger partial charge on any atom is 0.244 e. The van der Waals surface area contributed by atoms with Gasteiger partial charge in [-0.05, 0) is 6.92 Å². The predicted molar refractivity (Wildman–Crippen MR) is 81.9 cm³/mol. The lowest BCUT2D eigenvalue weighted by Gasteiger charge is -2.36. The zero-order valence-electron chi connectivity index (χ0n) is 12.8. The van der Waals surface area contributed by atoms with Gasteiger partial charge >= 0.3 is 0 Å². The largest absolute Gasteiger partial charge is 0.377 e. The first-order valence-corrected chi connectivity index (χ1v) is 7.43. The van der Waals surface area contributed by atoms with Crippen LogP contribution in [0.25, 0.3) is 0 Å². The Kier molecular flexibility index (Phi) is 5.00. The minimum absolute atomic E-state index is 0.0880. The smallest absolute Gasteiger partial charge is 0.244 e. The van der Waals surface area contributed by atoms with Gasteiger partial charge in [-0.1, -0.05) is 25.4 Å². The Morgan fingerprint density at radius 1 is 1.48 bits per heavy atom. The molecule has 21 heavy (non-hydrogen) atoms. The van der Waals surface area contributed by atoms with Crippen molar-refractivity contribution in [2.75, 3.05) is 31.7 Å². The molecule has 1 fully saturated rings. The van der Waals surface area contributed by atoms with Gasteiger partial charge < -0.3 is 15.0 Å². The van der Waals surface area contributed by atoms with Gasteiger partial charge in [0, 0.05) is 25.1 Å². The van der Waals surface area contributed by atoms with Crippen molar-refractivity contribution in [3.8, 4) is 0 Å². The van der Waals surface area contributed by atoms with Crippen LogP contribution in [0, 0.1) is 6.92 Å². The number of nitrogens with one attached hydrogen (secondary N) is 1. The van der Waals surface area contributed by atoms with E-state index in [4.69, 9.17) is 16.3 Å². The van der Waals surface area contributed by atoms with Gasteiger partial charge in [0.1, 0.15) is 22.8 Å². The van der Waals surface area contributed by atoms with Crippen molar-refractivity contribution >= 4 is 23.3 Å². The van der Waals surface area contributed by atoms with Gasteiger partial charge in [0.25, 0.3) is 0 Å². The highest BCUT2D eigenvalue weighted by Crippen LogP contribution is 2.28. The Bertz CT molecular complexity index is 536. The Balaban J connectivity index is 2.44. The van der Waals surface area contributed by atoms with E-state index in [1.54, 1.807) is 7.05 Å². The van der Waals surface area contributed by atoms with Crippen LogP contribution < -0.4 is 10.2 Å². The van der Waals surface area contributed by atoms with Gasteiger partial charge in [-0.2, -0.15) is 0 Å². The summed E-state index contributed by atoms with van der Waals surface area (Å²) in [7, 11) is 1.62. The molecule has 1 saturated heterocycles. The number of likely N-dealkylation sites (N-methyl/N-ethyl adjacent to an activating group) is 1. The molecule has 6 nitrogen and oxygen atoms in total. The number of carbonyl (C=O) groups is 1. The zero-order valence-corrected chi connectivity index (χ0v) is 13.6. The SMILES string of the molecule is CNC(=O)C1COCCN1c1nc(C(C)C)nc(Cl)c1C. The molecule has 0 saturated carbocycles. The fourth-order valence-electron chi connectivity index (χ4n) is 2.27. The molecule has 0 aromatic carbocycles. The molecule has 1 atom stereocenters. The average molecular weight is 313 g/mol. The molecule has 2 heterocycles. The summed E-state index contributed by atoms with van der Waals surface area (Å²) in [4.78, 5) is 22.9. The van der Waals surface area contributed by atoms with E-state index in [2.05, 4.69) is 15.3 Å². The van der Waals surface area contributed by atoms with Gasteiger partial charge in [0.15, 0.2) is 0 Å². The van der Waals surface area contributed by atoms with Gasteiger partial charge in [-0.25, -0.2) is 9.97 Å². The molecular formula is C14H21ClN4O2. The first-order chi connectivity index (χ1) is 9.95. The first kappa shape index (κ1) is 16.0. The van der Waals surface area contributed by atoms with E-state index in [1.165, 1.54) is 0 Å². The van der Waals surface area contributed by atoms with Crippen molar-refractivity contribution in [1.29, 1.82) is 0 Å². The van der Waals surface area contributed by atoms with Crippen LogP contribution in [-0.4, -0.2) is 48.7 Å². The number of carbonyl (C=O) groups excluding carboxylic acids is 1. The summed E-state index contributed by atoms with van der Waals surface area (Å²) >= 11 is 6.23. The van der Waals surface area contributed by atoms with Crippen LogP contribution in [0.5, 0.6) is 0 Å². The van der Waals surface area contributed by atoms with E-state index in [0.29, 0.717) is 30.7 Å². The molecule has 1 unspecified atom stereocenters. The Labute approximate surface area is 129 Å². The van der Waals surface area contributed by atoms with Crippen LogP contribution in [0.15, 0.2) is 0 Å². The number of rotatable bonds is 3. The highest BCUT2D eigenvalue weighted by Gasteiger charge is 2.31. The lowest BCUT2D eigenvalue weighted by Crippen LogP contribution is -2.54. The van der Waals surface area contributed by atoms with Crippen molar-refractivity contribution < 1.29 is 9.53 Å². The predicted octanol–water partition coefficient (Wildman–Crippen LogP) is 1.51. The number of hydrogen-bond donors (Lipinski definition) is 1. The highest BCUT2D eigenvalue weighted by atomic mass is 35.5. The molecule has 2 rings (SSSR count). The summed E-state index contributed by atoms with van der Waals surface area (Å²) in [5.74, 6) is 1.48. The molecule has 1 aromatic rings. The number of halogens is 1. The van der Waals surface area contributed by atoms with Crippen molar-refractivity contribution in [2.24, 2.45) is 0 Å². The topological polar surface area (TPSA) is 67.3 Å². The number of aromatic nitrogens is 2. The summed E-state index contributed by atoms with van der Waals surface area (Å²) in [6.07, 6.45) is 0. The van der Waals surface area contributed by atoms with Gasteiger partial charge in [0.2, 0.25) is 5.91 Å². The van der Waals surface area contributed by atoms with Crippen LogP contribution in [0.4, 0.5) is 5.82 Å². The van der Waals surface area contributed by atoms with Crippen LogP contribution in [0.1, 0.15) is 31.2 Å². The number of ether oxygens (including phenoxy) is 1. The second-order valence-electron chi connectivity index (χ2n) is 5.37. The molecule has 1 N–H and O–H groups in total. The van der Waals surface area contributed by atoms with E-state index in [0.717, 1.165) is 11.4 Å². The summed E-state index contributed by atoms with van der Waals surface area (Å²) in [5.41, 5.74) is 0.789. The fraction of sp³-hybridized carbons (Fsp3) is 0.643. The van der Waals surface area contributed by atoms with Gasteiger partial charge in [-0.15, -0.1) is 0 Å². The third kappa shape index (κ3) is 3.27. The molecule has 116 valence electrons. The molecule has 0 bridgehead atoms. The van der Waals surface area contributed by atoms with E-state index < -0.39 is 6.04 Å². The molecule has 1 amide bonds. The standard InChI is InChI=1S/C14H21ClN4O2/c1-8(2)12-17-11(15)9(3)13(18-12)19-5-6-21-7-10(19)14(20)16-4/h8,10H,5-7H2,1-4H3,(H,16,20). The number of amides is 1. The van der Waals surface area contributed by atoms with Crippen molar-refractivity contribution in [3.63, 3.8) is 0 Å². The van der Waals surface area contributed by atoms with Crippen LogP contribution in [0.3, 0.4) is 0 Å². The molecule has 0 radical (unpaired) electrons. The highest BCUT2D eigenvalue weighted by molar-refractivity contribution is 6.30. The fourth-order valence-corrected chi connectivity index (χ4v) is 2.44. The Morgan fingerprint density at radius 3 is 2.81 bits per heavy atom. The monoisotopic (exact) mass is 312 g/mol. The number of nitrogens with zero attached hydrogens (tertiary/aromatic N) is 3. The minimum Gasteiger partial charge on any atom is -0.377 e. The molecule has 1 aliphatic heterocycles. The number of anilines is 1.